The average Bonchev–Trinajstić information content (AvgIpc) is 2.94. The van der Waals surface area contributed by atoms with Gasteiger partial charge in [0.1, 0.15) is 0 Å². The van der Waals surface area contributed by atoms with Gasteiger partial charge in [-0.2, -0.15) is 0 Å². The van der Waals surface area contributed by atoms with E-state index in [1.54, 1.807) is 0 Å². The fourth-order valence-corrected chi connectivity index (χ4v) is 2.86. The molecular formula is C18H18N4O2. The third kappa shape index (κ3) is 2.65. The number of benzene rings is 1. The first kappa shape index (κ1) is 14.8. The molecule has 3 aromatic rings. The van der Waals surface area contributed by atoms with Crippen LogP contribution >= 0.6 is 0 Å². The molecule has 1 aliphatic heterocycles. The fourth-order valence-electron chi connectivity index (χ4n) is 2.86. The van der Waals surface area contributed by atoms with Gasteiger partial charge in [-0.15, -0.1) is 0 Å². The molecule has 24 heavy (non-hydrogen) atoms. The van der Waals surface area contributed by atoms with Gasteiger partial charge in [-0.1, -0.05) is 35.5 Å². The smallest absolute Gasteiger partial charge is 0.259 e. The Balaban J connectivity index is 1.74. The van der Waals surface area contributed by atoms with E-state index in [1.165, 1.54) is 0 Å². The highest BCUT2D eigenvalue weighted by Crippen LogP contribution is 2.26. The Morgan fingerprint density at radius 2 is 2.12 bits per heavy atom. The number of fused-ring (bicyclic) bond motifs is 1. The molecule has 1 amide bonds. The van der Waals surface area contributed by atoms with Gasteiger partial charge in [0.25, 0.3) is 11.6 Å². The normalized spacial score (nSPS) is 14.5. The quantitative estimate of drug-likeness (QED) is 0.769. The molecule has 1 fully saturated rings. The predicted molar refractivity (Wildman–Crippen MR) is 90.7 cm³/mol. The number of pyridine rings is 1. The zero-order valence-corrected chi connectivity index (χ0v) is 13.4. The van der Waals surface area contributed by atoms with Crippen molar-refractivity contribution in [3.05, 3.63) is 47.7 Å². The van der Waals surface area contributed by atoms with Crippen molar-refractivity contribution in [1.29, 1.82) is 0 Å². The summed E-state index contributed by atoms with van der Waals surface area (Å²) in [6.07, 6.45) is 0. The summed E-state index contributed by atoms with van der Waals surface area (Å²) >= 11 is 0. The largest absolute Gasteiger partial charge is 0.352 e. The van der Waals surface area contributed by atoms with Crippen molar-refractivity contribution in [2.24, 2.45) is 5.92 Å². The number of carbonyl (C=O) groups is 1. The van der Waals surface area contributed by atoms with E-state index in [0.29, 0.717) is 40.5 Å². The maximum Gasteiger partial charge on any atom is 0.259 e. The third-order valence-electron chi connectivity index (χ3n) is 4.35. The van der Waals surface area contributed by atoms with E-state index in [0.717, 1.165) is 18.7 Å². The molecule has 0 bridgehead atoms. The number of hydrogen-bond acceptors (Lipinski definition) is 5. The van der Waals surface area contributed by atoms with E-state index in [9.17, 15) is 4.79 Å². The molecule has 2 aromatic heterocycles. The summed E-state index contributed by atoms with van der Waals surface area (Å²) in [6.45, 7) is 4.39. The lowest BCUT2D eigenvalue weighted by atomic mass is 10.0. The monoisotopic (exact) mass is 322 g/mol. The minimum atomic E-state index is -0.113. The molecule has 0 radical (unpaired) electrons. The fraction of sp³-hybridized carbons (Fsp3) is 0.278. The highest BCUT2D eigenvalue weighted by molar-refractivity contribution is 6.07. The highest BCUT2D eigenvalue weighted by Gasteiger charge is 2.21. The number of aromatic nitrogens is 2. The van der Waals surface area contributed by atoms with Gasteiger partial charge in [-0.3, -0.25) is 4.79 Å². The average molecular weight is 322 g/mol. The van der Waals surface area contributed by atoms with Gasteiger partial charge < -0.3 is 15.2 Å². The Kier molecular flexibility index (Phi) is 3.74. The van der Waals surface area contributed by atoms with Crippen molar-refractivity contribution in [1.82, 2.24) is 20.8 Å². The van der Waals surface area contributed by atoms with Crippen molar-refractivity contribution in [3.63, 3.8) is 0 Å². The summed E-state index contributed by atoms with van der Waals surface area (Å²) in [5.41, 5.74) is 3.27. The van der Waals surface area contributed by atoms with E-state index >= 15 is 0 Å². The topological polar surface area (TPSA) is 80.0 Å². The van der Waals surface area contributed by atoms with Crippen LogP contribution in [-0.2, 0) is 0 Å². The molecule has 0 aliphatic carbocycles. The van der Waals surface area contributed by atoms with Gasteiger partial charge in [-0.05, 0) is 13.0 Å². The van der Waals surface area contributed by atoms with Crippen LogP contribution in [0.2, 0.25) is 0 Å². The lowest BCUT2D eigenvalue weighted by Crippen LogP contribution is -2.48. The molecule has 0 saturated carbocycles. The first-order chi connectivity index (χ1) is 11.7. The van der Waals surface area contributed by atoms with Gasteiger partial charge in [0.15, 0.2) is 0 Å². The summed E-state index contributed by atoms with van der Waals surface area (Å²) in [6, 6.07) is 11.6. The van der Waals surface area contributed by atoms with Crippen LogP contribution in [0.25, 0.3) is 22.4 Å². The molecule has 0 unspecified atom stereocenters. The maximum atomic E-state index is 12.7. The zero-order chi connectivity index (χ0) is 16.5. The lowest BCUT2D eigenvalue weighted by molar-refractivity contribution is 0.0943. The Morgan fingerprint density at radius 1 is 1.33 bits per heavy atom. The SMILES string of the molecule is Cc1noc2nc(-c3ccccc3)cc(C(=O)NCC3CNC3)c12. The molecule has 3 heterocycles. The molecule has 1 aromatic carbocycles. The summed E-state index contributed by atoms with van der Waals surface area (Å²) in [4.78, 5) is 17.2. The molecule has 6 nitrogen and oxygen atoms in total. The van der Waals surface area contributed by atoms with E-state index < -0.39 is 0 Å². The Hall–Kier alpha value is -2.73. The van der Waals surface area contributed by atoms with Crippen molar-refractivity contribution in [3.8, 4) is 11.3 Å². The summed E-state index contributed by atoms with van der Waals surface area (Å²) in [5.74, 6) is 0.390. The van der Waals surface area contributed by atoms with Gasteiger partial charge in [0, 0.05) is 31.1 Å². The third-order valence-corrected chi connectivity index (χ3v) is 4.35. The molecule has 1 aliphatic rings. The number of hydrogen-bond donors (Lipinski definition) is 2. The van der Waals surface area contributed by atoms with E-state index in [2.05, 4.69) is 20.8 Å². The standard InChI is InChI=1S/C18H18N4O2/c1-11-16-14(17(23)20-10-12-8-19-9-12)7-15(21-18(16)24-22-11)13-5-3-2-4-6-13/h2-7,12,19H,8-10H2,1H3,(H,20,23). The van der Waals surface area contributed by atoms with Crippen molar-refractivity contribution >= 4 is 17.0 Å². The maximum absolute atomic E-state index is 12.7. The summed E-state index contributed by atoms with van der Waals surface area (Å²) < 4.78 is 5.31. The molecule has 0 atom stereocenters. The first-order valence-corrected chi connectivity index (χ1v) is 8.04. The van der Waals surface area contributed by atoms with Crippen LogP contribution in [0.5, 0.6) is 0 Å². The highest BCUT2D eigenvalue weighted by atomic mass is 16.5. The van der Waals surface area contributed by atoms with Crippen LogP contribution in [0.3, 0.4) is 0 Å². The van der Waals surface area contributed by atoms with Crippen LogP contribution < -0.4 is 10.6 Å². The van der Waals surface area contributed by atoms with Gasteiger partial charge in [0.2, 0.25) is 0 Å². The summed E-state index contributed by atoms with van der Waals surface area (Å²) in [7, 11) is 0. The molecule has 2 N–H and O–H groups in total. The molecule has 6 heteroatoms. The van der Waals surface area contributed by atoms with Crippen LogP contribution in [0.15, 0.2) is 40.9 Å². The second-order valence-corrected chi connectivity index (χ2v) is 6.10. The second kappa shape index (κ2) is 6.05. The molecule has 4 rings (SSSR count). The van der Waals surface area contributed by atoms with E-state index in [-0.39, 0.29) is 5.91 Å². The predicted octanol–water partition coefficient (Wildman–Crippen LogP) is 2.15. The van der Waals surface area contributed by atoms with Crippen LogP contribution in [0, 0.1) is 12.8 Å². The van der Waals surface area contributed by atoms with Gasteiger partial charge in [-0.25, -0.2) is 4.98 Å². The van der Waals surface area contributed by atoms with Crippen molar-refractivity contribution in [2.75, 3.05) is 19.6 Å². The van der Waals surface area contributed by atoms with Crippen LogP contribution in [0.1, 0.15) is 16.1 Å². The van der Waals surface area contributed by atoms with E-state index in [4.69, 9.17) is 4.52 Å². The zero-order valence-electron chi connectivity index (χ0n) is 13.4. The number of nitrogens with one attached hydrogen (secondary N) is 2. The number of rotatable bonds is 4. The Labute approximate surface area is 139 Å². The minimum Gasteiger partial charge on any atom is -0.352 e. The second-order valence-electron chi connectivity index (χ2n) is 6.10. The number of nitrogens with zero attached hydrogens (tertiary/aromatic N) is 2. The van der Waals surface area contributed by atoms with Crippen LogP contribution in [-0.4, -0.2) is 35.7 Å². The Bertz CT molecular complexity index is 885. The lowest BCUT2D eigenvalue weighted by Gasteiger charge is -2.27. The number of aryl methyl sites for hydroxylation is 1. The first-order valence-electron chi connectivity index (χ1n) is 8.04. The number of carbonyl (C=O) groups excluding carboxylic acids is 1. The molecule has 122 valence electrons. The minimum absolute atomic E-state index is 0.113. The summed E-state index contributed by atoms with van der Waals surface area (Å²) in [5, 5.41) is 10.9. The van der Waals surface area contributed by atoms with E-state index in [1.807, 2.05) is 43.3 Å². The van der Waals surface area contributed by atoms with Gasteiger partial charge >= 0.3 is 0 Å². The van der Waals surface area contributed by atoms with Crippen molar-refractivity contribution in [2.45, 2.75) is 6.92 Å². The van der Waals surface area contributed by atoms with Crippen molar-refractivity contribution < 1.29 is 9.32 Å². The molecule has 0 spiro atoms. The molecular weight excluding hydrogens is 304 g/mol. The molecule has 1 saturated heterocycles. The van der Waals surface area contributed by atoms with Crippen LogP contribution in [0.4, 0.5) is 0 Å². The number of amides is 1. The Morgan fingerprint density at radius 3 is 2.83 bits per heavy atom. The van der Waals surface area contributed by atoms with Gasteiger partial charge in [0.05, 0.1) is 22.3 Å².